The highest BCUT2D eigenvalue weighted by Gasteiger charge is 2.66. The minimum Gasteiger partial charge on any atom is -0.390 e. The van der Waals surface area contributed by atoms with E-state index in [1.54, 1.807) is 0 Å². The van der Waals surface area contributed by atoms with E-state index in [4.69, 9.17) is 0 Å². The molecule has 64 valence electrons. The summed E-state index contributed by atoms with van der Waals surface area (Å²) >= 11 is 0. The van der Waals surface area contributed by atoms with Crippen LogP contribution in [0.25, 0.3) is 0 Å². The summed E-state index contributed by atoms with van der Waals surface area (Å²) in [6.07, 6.45) is -2.82. The molecule has 2 rings (SSSR count). The minimum atomic E-state index is -4.08. The van der Waals surface area contributed by atoms with Crippen LogP contribution in [0, 0.1) is 11.8 Å². The SMILES string of the molecule is OC1(C2CC2C(F)(F)F)CC1. The molecular weight excluding hydrogens is 157 g/mol. The zero-order chi connectivity index (χ0) is 8.28. The first kappa shape index (κ1) is 7.40. The van der Waals surface area contributed by atoms with Gasteiger partial charge in [-0.1, -0.05) is 0 Å². The normalized spacial score (nSPS) is 40.4. The van der Waals surface area contributed by atoms with Gasteiger partial charge in [0.15, 0.2) is 0 Å². The predicted octanol–water partition coefficient (Wildman–Crippen LogP) is 1.71. The standard InChI is InChI=1S/C7H9F3O/c8-7(9,10)5-3-4(5)6(11)1-2-6/h4-5,11H,1-3H2. The molecule has 1 nitrogen and oxygen atoms in total. The molecule has 2 aliphatic rings. The molecule has 0 spiro atoms. The molecule has 0 aromatic carbocycles. The van der Waals surface area contributed by atoms with Gasteiger partial charge in [0.05, 0.1) is 11.5 Å². The maximum absolute atomic E-state index is 11.9. The number of alkyl halides is 3. The number of halogens is 3. The van der Waals surface area contributed by atoms with Gasteiger partial charge >= 0.3 is 6.18 Å². The van der Waals surface area contributed by atoms with Crippen molar-refractivity contribution in [1.82, 2.24) is 0 Å². The van der Waals surface area contributed by atoms with Crippen molar-refractivity contribution in [1.29, 1.82) is 0 Å². The second-order valence-electron chi connectivity index (χ2n) is 3.59. The lowest BCUT2D eigenvalue weighted by atomic mass is 10.1. The second kappa shape index (κ2) is 1.73. The average molecular weight is 166 g/mol. The first-order chi connectivity index (χ1) is 4.93. The van der Waals surface area contributed by atoms with Gasteiger partial charge in [-0.3, -0.25) is 0 Å². The molecule has 2 fully saturated rings. The molecule has 11 heavy (non-hydrogen) atoms. The van der Waals surface area contributed by atoms with Crippen molar-refractivity contribution in [3.63, 3.8) is 0 Å². The third kappa shape index (κ3) is 1.13. The molecule has 1 N–H and O–H groups in total. The molecule has 0 radical (unpaired) electrons. The van der Waals surface area contributed by atoms with Gasteiger partial charge in [-0.25, -0.2) is 0 Å². The lowest BCUT2D eigenvalue weighted by molar-refractivity contribution is -0.155. The van der Waals surface area contributed by atoms with E-state index in [1.807, 2.05) is 0 Å². The zero-order valence-electron chi connectivity index (χ0n) is 5.86. The Bertz CT molecular complexity index is 173. The molecule has 0 heterocycles. The van der Waals surface area contributed by atoms with Crippen LogP contribution in [0.3, 0.4) is 0 Å². The van der Waals surface area contributed by atoms with Crippen LogP contribution in [-0.2, 0) is 0 Å². The lowest BCUT2D eigenvalue weighted by Crippen LogP contribution is -2.19. The van der Waals surface area contributed by atoms with Crippen LogP contribution in [-0.4, -0.2) is 16.9 Å². The number of rotatable bonds is 1. The van der Waals surface area contributed by atoms with Gasteiger partial charge in [0.2, 0.25) is 0 Å². The third-order valence-electron chi connectivity index (χ3n) is 2.66. The maximum atomic E-state index is 11.9. The number of hydrogen-bond acceptors (Lipinski definition) is 1. The molecule has 0 saturated heterocycles. The summed E-state index contributed by atoms with van der Waals surface area (Å²) < 4.78 is 35.8. The molecule has 0 aromatic rings. The fourth-order valence-corrected chi connectivity index (χ4v) is 1.65. The van der Waals surface area contributed by atoms with Crippen molar-refractivity contribution >= 4 is 0 Å². The summed E-state index contributed by atoms with van der Waals surface area (Å²) in [5, 5.41) is 9.30. The van der Waals surface area contributed by atoms with Gasteiger partial charge in [0, 0.05) is 0 Å². The Morgan fingerprint density at radius 1 is 1.27 bits per heavy atom. The maximum Gasteiger partial charge on any atom is 0.392 e. The van der Waals surface area contributed by atoms with Crippen LogP contribution in [0.2, 0.25) is 0 Å². The highest BCUT2D eigenvalue weighted by molar-refractivity contribution is 5.11. The van der Waals surface area contributed by atoms with Crippen LogP contribution >= 0.6 is 0 Å². The Hall–Kier alpha value is -0.250. The Morgan fingerprint density at radius 2 is 1.82 bits per heavy atom. The zero-order valence-corrected chi connectivity index (χ0v) is 5.86. The molecule has 2 atom stereocenters. The molecule has 2 aliphatic carbocycles. The van der Waals surface area contributed by atoms with Crippen molar-refractivity contribution in [2.45, 2.75) is 31.0 Å². The van der Waals surface area contributed by atoms with E-state index in [0.29, 0.717) is 12.8 Å². The van der Waals surface area contributed by atoms with E-state index >= 15 is 0 Å². The van der Waals surface area contributed by atoms with Crippen LogP contribution in [0.15, 0.2) is 0 Å². The van der Waals surface area contributed by atoms with E-state index in [1.165, 1.54) is 0 Å². The van der Waals surface area contributed by atoms with E-state index in [0.717, 1.165) is 0 Å². The molecular formula is C7H9F3O. The average Bonchev–Trinajstić information content (AvgIpc) is 2.49. The second-order valence-corrected chi connectivity index (χ2v) is 3.59. The van der Waals surface area contributed by atoms with E-state index in [2.05, 4.69) is 0 Å². The molecule has 4 heteroatoms. The van der Waals surface area contributed by atoms with Crippen LogP contribution < -0.4 is 0 Å². The molecule has 0 aromatic heterocycles. The van der Waals surface area contributed by atoms with E-state index < -0.39 is 23.6 Å². The van der Waals surface area contributed by atoms with Gasteiger partial charge in [-0.15, -0.1) is 0 Å². The van der Waals surface area contributed by atoms with Gasteiger partial charge in [0.1, 0.15) is 0 Å². The molecule has 2 unspecified atom stereocenters. The van der Waals surface area contributed by atoms with Crippen LogP contribution in [0.1, 0.15) is 19.3 Å². The highest BCUT2D eigenvalue weighted by atomic mass is 19.4. The highest BCUT2D eigenvalue weighted by Crippen LogP contribution is 2.62. The van der Waals surface area contributed by atoms with Crippen molar-refractivity contribution in [3.05, 3.63) is 0 Å². The van der Waals surface area contributed by atoms with E-state index in [-0.39, 0.29) is 6.42 Å². The summed E-state index contributed by atoms with van der Waals surface area (Å²) in [6.45, 7) is 0. The van der Waals surface area contributed by atoms with Crippen LogP contribution in [0.4, 0.5) is 13.2 Å². The summed E-state index contributed by atoms with van der Waals surface area (Å²) in [5.74, 6) is -1.70. The molecule has 0 aliphatic heterocycles. The predicted molar refractivity (Wildman–Crippen MR) is 31.8 cm³/mol. The third-order valence-corrected chi connectivity index (χ3v) is 2.66. The largest absolute Gasteiger partial charge is 0.392 e. The van der Waals surface area contributed by atoms with Gasteiger partial charge in [-0.05, 0) is 25.2 Å². The fraction of sp³-hybridized carbons (Fsp3) is 1.00. The van der Waals surface area contributed by atoms with E-state index in [9.17, 15) is 18.3 Å². The Morgan fingerprint density at radius 3 is 2.09 bits per heavy atom. The Kier molecular flexibility index (Phi) is 1.17. The molecule has 0 bridgehead atoms. The monoisotopic (exact) mass is 166 g/mol. The fourth-order valence-electron chi connectivity index (χ4n) is 1.65. The number of aliphatic hydroxyl groups is 1. The first-order valence-electron chi connectivity index (χ1n) is 3.72. The Balaban J connectivity index is 1.96. The van der Waals surface area contributed by atoms with Crippen molar-refractivity contribution in [2.24, 2.45) is 11.8 Å². The van der Waals surface area contributed by atoms with Crippen molar-refractivity contribution in [2.75, 3.05) is 0 Å². The molecule has 2 saturated carbocycles. The smallest absolute Gasteiger partial charge is 0.390 e. The summed E-state index contributed by atoms with van der Waals surface area (Å²) in [5.41, 5.74) is -0.930. The van der Waals surface area contributed by atoms with Crippen LogP contribution in [0.5, 0.6) is 0 Å². The first-order valence-corrected chi connectivity index (χ1v) is 3.72. The van der Waals surface area contributed by atoms with Gasteiger partial charge < -0.3 is 5.11 Å². The summed E-state index contributed by atoms with van der Waals surface area (Å²) in [4.78, 5) is 0. The van der Waals surface area contributed by atoms with Gasteiger partial charge in [-0.2, -0.15) is 13.2 Å². The summed E-state index contributed by atoms with van der Waals surface area (Å²) in [7, 11) is 0. The lowest BCUT2D eigenvalue weighted by Gasteiger charge is -2.08. The number of hydrogen-bond donors (Lipinski definition) is 1. The Labute approximate surface area is 62.2 Å². The quantitative estimate of drug-likeness (QED) is 0.628. The van der Waals surface area contributed by atoms with Crippen molar-refractivity contribution < 1.29 is 18.3 Å². The summed E-state index contributed by atoms with van der Waals surface area (Å²) in [6, 6.07) is 0. The van der Waals surface area contributed by atoms with Crippen molar-refractivity contribution in [3.8, 4) is 0 Å². The minimum absolute atomic E-state index is 0.139. The molecule has 0 amide bonds. The van der Waals surface area contributed by atoms with Gasteiger partial charge in [0.25, 0.3) is 0 Å². The topological polar surface area (TPSA) is 20.2 Å².